The van der Waals surface area contributed by atoms with Crippen LogP contribution >= 0.6 is 11.8 Å². The number of aromatic hydroxyl groups is 1. The molecule has 39 heavy (non-hydrogen) atoms. The molecule has 1 amide bonds. The molecular weight excluding hydrogens is 543 g/mol. The first-order chi connectivity index (χ1) is 18.3. The lowest BCUT2D eigenvalue weighted by molar-refractivity contribution is -0.174. The van der Waals surface area contributed by atoms with Gasteiger partial charge in [-0.05, 0) is 48.7 Å². The third kappa shape index (κ3) is 4.40. The lowest BCUT2D eigenvalue weighted by atomic mass is 9.81. The number of amides is 1. The summed E-state index contributed by atoms with van der Waals surface area (Å²) < 4.78 is 71.7. The highest BCUT2D eigenvalue weighted by molar-refractivity contribution is 7.98. The molecule has 1 unspecified atom stereocenters. The van der Waals surface area contributed by atoms with Crippen LogP contribution in [-0.4, -0.2) is 45.0 Å². The lowest BCUT2D eigenvalue weighted by Crippen LogP contribution is -2.54. The molecule has 2 aliphatic heterocycles. The Bertz CT molecular complexity index is 1590. The minimum Gasteiger partial charge on any atom is -0.503 e. The van der Waals surface area contributed by atoms with E-state index in [1.165, 1.54) is 11.8 Å². The number of rotatable bonds is 3. The number of thioether (sulfide) groups is 1. The van der Waals surface area contributed by atoms with E-state index >= 15 is 0 Å². The van der Waals surface area contributed by atoms with Gasteiger partial charge in [-0.1, -0.05) is 18.2 Å². The molecule has 1 aromatic heterocycles. The average Bonchev–Trinajstić information content (AvgIpc) is 3.02. The Morgan fingerprint density at radius 2 is 1.77 bits per heavy atom. The number of aromatic nitrogens is 1. The summed E-state index contributed by atoms with van der Waals surface area (Å²) in [6.07, 6.45) is -3.79. The predicted molar refractivity (Wildman–Crippen MR) is 132 cm³/mol. The molecule has 6 nitrogen and oxygen atoms in total. The van der Waals surface area contributed by atoms with E-state index in [9.17, 15) is 41.4 Å². The van der Waals surface area contributed by atoms with Gasteiger partial charge in [-0.25, -0.2) is 8.78 Å². The molecule has 0 aliphatic carbocycles. The summed E-state index contributed by atoms with van der Waals surface area (Å²) in [5.74, 6) is -6.10. The first-order valence-corrected chi connectivity index (χ1v) is 12.9. The van der Waals surface area contributed by atoms with Gasteiger partial charge in [-0.2, -0.15) is 13.2 Å². The van der Waals surface area contributed by atoms with Gasteiger partial charge in [-0.15, -0.1) is 11.8 Å². The van der Waals surface area contributed by atoms with E-state index in [2.05, 4.69) is 0 Å². The number of fused-ring (bicyclic) bond motifs is 3. The number of hydrogen-bond donors (Lipinski definition) is 1. The van der Waals surface area contributed by atoms with Gasteiger partial charge in [0, 0.05) is 29.3 Å². The maximum Gasteiger partial charge on any atom is 0.408 e. The molecular formula is C27H21F5N2O4S. The molecule has 0 spiro atoms. The highest BCUT2D eigenvalue weighted by Crippen LogP contribution is 2.48. The van der Waals surface area contributed by atoms with Gasteiger partial charge in [-0.3, -0.25) is 14.4 Å². The van der Waals surface area contributed by atoms with E-state index in [4.69, 9.17) is 0 Å². The van der Waals surface area contributed by atoms with E-state index < -0.39 is 76.5 Å². The molecule has 3 heterocycles. The summed E-state index contributed by atoms with van der Waals surface area (Å²) in [6, 6.07) is 5.47. The number of pyridine rings is 1. The highest BCUT2D eigenvalue weighted by Gasteiger charge is 2.49. The van der Waals surface area contributed by atoms with E-state index in [0.29, 0.717) is 20.9 Å². The minimum atomic E-state index is -4.85. The number of carbonyl (C=O) groups excluding carboxylic acids is 2. The fourth-order valence-corrected chi connectivity index (χ4v) is 6.35. The van der Waals surface area contributed by atoms with Gasteiger partial charge in [0.1, 0.15) is 6.04 Å². The second-order valence-corrected chi connectivity index (χ2v) is 10.6. The summed E-state index contributed by atoms with van der Waals surface area (Å²) in [6.45, 7) is 1.30. The molecule has 3 atom stereocenters. The summed E-state index contributed by atoms with van der Waals surface area (Å²) in [4.78, 5) is 39.5. The molecule has 0 bridgehead atoms. The smallest absolute Gasteiger partial charge is 0.408 e. The van der Waals surface area contributed by atoms with Gasteiger partial charge in [0.15, 0.2) is 28.9 Å². The molecule has 0 radical (unpaired) electrons. The van der Waals surface area contributed by atoms with Crippen LogP contribution in [0.4, 0.5) is 22.0 Å². The predicted octanol–water partition coefficient (Wildman–Crippen LogP) is 5.42. The van der Waals surface area contributed by atoms with Crippen LogP contribution in [0.1, 0.15) is 63.3 Å². The van der Waals surface area contributed by atoms with Crippen LogP contribution in [0.15, 0.2) is 52.3 Å². The summed E-state index contributed by atoms with van der Waals surface area (Å²) in [5, 5.41) is 10.8. The fraction of sp³-hybridized carbons (Fsp3) is 0.296. The maximum absolute atomic E-state index is 14.6. The number of benzene rings is 2. The number of carbonyl (C=O) groups is 2. The second-order valence-electron chi connectivity index (χ2n) is 9.54. The largest absolute Gasteiger partial charge is 0.503 e. The fourth-order valence-electron chi connectivity index (χ4n) is 5.25. The Hall–Kier alpha value is -3.67. The van der Waals surface area contributed by atoms with Crippen molar-refractivity contribution >= 4 is 23.5 Å². The molecule has 204 valence electrons. The van der Waals surface area contributed by atoms with Gasteiger partial charge in [0.05, 0.1) is 11.6 Å². The van der Waals surface area contributed by atoms with Crippen LogP contribution < -0.4 is 5.43 Å². The van der Waals surface area contributed by atoms with Crippen molar-refractivity contribution in [1.82, 2.24) is 9.47 Å². The zero-order valence-electron chi connectivity index (χ0n) is 20.6. The number of halogens is 5. The summed E-state index contributed by atoms with van der Waals surface area (Å²) in [7, 11) is 0. The Balaban J connectivity index is 1.85. The highest BCUT2D eigenvalue weighted by atomic mass is 32.2. The SMILES string of the molecule is CC(=O)c1cn2c(c(O)c1=O)C(=O)N([C@H](C)C(F)(F)F)CC2[C@H]1c2cc(F)c(F)cc2CSc2ccccc21. The van der Waals surface area contributed by atoms with Crippen LogP contribution in [0.25, 0.3) is 0 Å². The van der Waals surface area contributed by atoms with Crippen molar-refractivity contribution in [3.8, 4) is 5.75 Å². The van der Waals surface area contributed by atoms with Crippen molar-refractivity contribution in [1.29, 1.82) is 0 Å². The second kappa shape index (κ2) is 9.51. The van der Waals surface area contributed by atoms with Crippen molar-refractivity contribution in [3.05, 3.63) is 92.4 Å². The first kappa shape index (κ1) is 26.9. The Morgan fingerprint density at radius 1 is 1.10 bits per heavy atom. The molecule has 1 N–H and O–H groups in total. The third-order valence-corrected chi connectivity index (χ3v) is 8.41. The summed E-state index contributed by atoms with van der Waals surface area (Å²) >= 11 is 1.33. The monoisotopic (exact) mass is 564 g/mol. The van der Waals surface area contributed by atoms with Crippen molar-refractivity contribution in [2.45, 2.75) is 48.7 Å². The van der Waals surface area contributed by atoms with Crippen molar-refractivity contribution in [3.63, 3.8) is 0 Å². The van der Waals surface area contributed by atoms with Crippen LogP contribution in [0.3, 0.4) is 0 Å². The van der Waals surface area contributed by atoms with Crippen molar-refractivity contribution < 1.29 is 36.6 Å². The summed E-state index contributed by atoms with van der Waals surface area (Å²) in [5.41, 5.74) is -1.12. The normalized spacial score (nSPS) is 19.6. The first-order valence-electron chi connectivity index (χ1n) is 11.9. The van der Waals surface area contributed by atoms with E-state index in [1.807, 2.05) is 0 Å². The minimum absolute atomic E-state index is 0.231. The lowest BCUT2D eigenvalue weighted by Gasteiger charge is -2.43. The van der Waals surface area contributed by atoms with Gasteiger partial charge in [0.2, 0.25) is 5.43 Å². The quantitative estimate of drug-likeness (QED) is 0.340. The molecule has 2 aromatic carbocycles. The Morgan fingerprint density at radius 3 is 2.44 bits per heavy atom. The van der Waals surface area contributed by atoms with Gasteiger partial charge >= 0.3 is 6.18 Å². The van der Waals surface area contributed by atoms with Crippen molar-refractivity contribution in [2.75, 3.05) is 6.54 Å². The number of alkyl halides is 3. The van der Waals surface area contributed by atoms with E-state index in [1.54, 1.807) is 24.3 Å². The number of nitrogens with zero attached hydrogens (tertiary/aromatic N) is 2. The number of ketones is 1. The molecule has 2 aliphatic rings. The van der Waals surface area contributed by atoms with Crippen LogP contribution in [-0.2, 0) is 5.75 Å². The zero-order chi connectivity index (χ0) is 28.4. The molecule has 5 rings (SSSR count). The van der Waals surface area contributed by atoms with Gasteiger partial charge in [0.25, 0.3) is 5.91 Å². The topological polar surface area (TPSA) is 79.6 Å². The Labute approximate surface area is 223 Å². The number of hydrogen-bond acceptors (Lipinski definition) is 5. The van der Waals surface area contributed by atoms with Crippen molar-refractivity contribution in [2.24, 2.45) is 0 Å². The molecule has 0 fully saturated rings. The third-order valence-electron chi connectivity index (χ3n) is 7.27. The van der Waals surface area contributed by atoms with Crippen LogP contribution in [0.5, 0.6) is 5.75 Å². The molecule has 3 aromatic rings. The van der Waals surface area contributed by atoms with E-state index in [-0.39, 0.29) is 11.3 Å². The van der Waals surface area contributed by atoms with Crippen LogP contribution in [0, 0.1) is 11.6 Å². The molecule has 0 saturated heterocycles. The van der Waals surface area contributed by atoms with Gasteiger partial charge < -0.3 is 14.6 Å². The maximum atomic E-state index is 14.6. The van der Waals surface area contributed by atoms with Crippen LogP contribution in [0.2, 0.25) is 0 Å². The average molecular weight is 565 g/mol. The molecule has 12 heteroatoms. The number of Topliss-reactive ketones (excluding diaryl/α,β-unsaturated/α-hetero) is 1. The zero-order valence-corrected chi connectivity index (χ0v) is 21.4. The van der Waals surface area contributed by atoms with E-state index in [0.717, 1.165) is 36.7 Å². The standard InChI is InChI=1S/C27H21F5N2O4S/c1-12(35)17-9-34-20(10-33(13(2)27(30,31)32)26(38)23(34)25(37)24(17)36)22-15-5-3-4-6-21(15)39-11-14-7-18(28)19(29)8-16(14)22/h3-9,13,20,22,37H,10-11H2,1-2H3/t13-,20?,22-/m1/s1. The Kier molecular flexibility index (Phi) is 6.56. The molecule has 0 saturated carbocycles.